The minimum absolute atomic E-state index is 0.131. The fourth-order valence-electron chi connectivity index (χ4n) is 10.7. The van der Waals surface area contributed by atoms with Crippen LogP contribution in [-0.4, -0.2) is 19.7 Å². The van der Waals surface area contributed by atoms with Crippen LogP contribution >= 0.6 is 0 Å². The summed E-state index contributed by atoms with van der Waals surface area (Å²) in [6, 6.07) is 60.4. The van der Waals surface area contributed by atoms with Gasteiger partial charge in [0, 0.05) is 36.0 Å². The van der Waals surface area contributed by atoms with E-state index in [1.54, 1.807) is 0 Å². The Morgan fingerprint density at radius 1 is 0.455 bits per heavy atom. The SMILES string of the molecule is O=S1c2ccccc2B2c3ccccc3S(=O)c3cc(-n4c5ccccc5c5c6c(ccc54)C4(c5ccccc5-c5ccccc54)c4ccccc4-6)cc1c32. The normalized spacial score (nSPS) is 17.3. The Morgan fingerprint density at radius 2 is 0.964 bits per heavy atom. The van der Waals surface area contributed by atoms with Gasteiger partial charge in [-0.25, -0.2) is 8.42 Å². The standard InChI is InChI=1S/C49H28BNO2S2/c52-54-42-23-11-8-20-38(42)50-39-21-9-12-24-43(39)55(53)45-28-29(27-44(54)48(45)50)51-40-22-10-4-16-33(40)47-41(51)26-25-37-46(47)32-15-3-7-19-36(32)49(37)34-17-5-1-13-30(34)31-14-2-6-18-35(31)49/h1-28H. The predicted molar refractivity (Wildman–Crippen MR) is 224 cm³/mol. The van der Waals surface area contributed by atoms with Crippen molar-refractivity contribution >= 4 is 66.5 Å². The molecule has 1 aromatic heterocycles. The molecular weight excluding hydrogens is 709 g/mol. The lowest BCUT2D eigenvalue weighted by Crippen LogP contribution is -2.61. The van der Waals surface area contributed by atoms with Crippen molar-refractivity contribution in [2.45, 2.75) is 25.0 Å². The molecule has 6 heteroatoms. The molecule has 0 radical (unpaired) electrons. The van der Waals surface area contributed by atoms with Crippen molar-refractivity contribution in [1.29, 1.82) is 0 Å². The molecule has 1 spiro atoms. The summed E-state index contributed by atoms with van der Waals surface area (Å²) < 4.78 is 31.6. The third-order valence-corrected chi connectivity index (χ3v) is 15.7. The van der Waals surface area contributed by atoms with Crippen molar-refractivity contribution in [2.24, 2.45) is 0 Å². The summed E-state index contributed by atoms with van der Waals surface area (Å²) in [6.45, 7) is -0.131. The molecule has 3 nitrogen and oxygen atoms in total. The maximum absolute atomic E-state index is 14.7. The van der Waals surface area contributed by atoms with E-state index in [4.69, 9.17) is 0 Å². The number of nitrogens with zero attached hydrogens (tertiary/aromatic N) is 1. The van der Waals surface area contributed by atoms with Crippen LogP contribution in [0, 0.1) is 0 Å². The van der Waals surface area contributed by atoms with Crippen LogP contribution in [0.1, 0.15) is 22.3 Å². The molecule has 3 heterocycles. The smallest absolute Gasteiger partial charge is 0.247 e. The third-order valence-electron chi connectivity index (χ3n) is 12.7. The van der Waals surface area contributed by atoms with E-state index >= 15 is 0 Å². The molecule has 0 fully saturated rings. The number of hydrogen-bond acceptors (Lipinski definition) is 2. The molecule has 9 aromatic rings. The highest BCUT2D eigenvalue weighted by Gasteiger charge is 2.52. The van der Waals surface area contributed by atoms with Crippen LogP contribution in [0.5, 0.6) is 0 Å². The summed E-state index contributed by atoms with van der Waals surface area (Å²) in [5.41, 5.74) is 15.8. The first-order valence-corrected chi connectivity index (χ1v) is 21.0. The number of benzene rings is 8. The molecule has 2 unspecified atom stereocenters. The molecule has 2 atom stereocenters. The van der Waals surface area contributed by atoms with Gasteiger partial charge in [0.25, 0.3) is 0 Å². The van der Waals surface area contributed by atoms with Gasteiger partial charge >= 0.3 is 0 Å². The zero-order valence-electron chi connectivity index (χ0n) is 29.3. The fraction of sp³-hybridized carbons (Fsp3) is 0.0204. The second kappa shape index (κ2) is 10.6. The Morgan fingerprint density at radius 3 is 1.60 bits per heavy atom. The highest BCUT2D eigenvalue weighted by molar-refractivity contribution is 7.87. The molecule has 4 aliphatic rings. The van der Waals surface area contributed by atoms with Gasteiger partial charge in [-0.1, -0.05) is 144 Å². The van der Waals surface area contributed by atoms with Crippen molar-refractivity contribution in [1.82, 2.24) is 4.57 Å². The van der Waals surface area contributed by atoms with E-state index < -0.39 is 27.0 Å². The lowest BCUT2D eigenvalue weighted by molar-refractivity contribution is 0.682. The highest BCUT2D eigenvalue weighted by Crippen LogP contribution is 2.64. The molecule has 2 aliphatic heterocycles. The van der Waals surface area contributed by atoms with Crippen LogP contribution in [0.15, 0.2) is 189 Å². The van der Waals surface area contributed by atoms with E-state index in [0.29, 0.717) is 0 Å². The van der Waals surface area contributed by atoms with Gasteiger partial charge in [0.1, 0.15) is 0 Å². The van der Waals surface area contributed by atoms with E-state index in [9.17, 15) is 8.42 Å². The zero-order valence-corrected chi connectivity index (χ0v) is 31.0. The summed E-state index contributed by atoms with van der Waals surface area (Å²) >= 11 is 0. The molecular formula is C49H28BNO2S2. The Balaban J connectivity index is 1.14. The Bertz CT molecular complexity index is 3160. The van der Waals surface area contributed by atoms with Gasteiger partial charge < -0.3 is 4.57 Å². The minimum Gasteiger partial charge on any atom is -0.309 e. The van der Waals surface area contributed by atoms with Gasteiger partial charge in [0.15, 0.2) is 0 Å². The quantitative estimate of drug-likeness (QED) is 0.159. The average Bonchev–Trinajstić information content (AvgIpc) is 3.85. The van der Waals surface area contributed by atoms with Crippen LogP contribution in [0.25, 0.3) is 49.7 Å². The zero-order chi connectivity index (χ0) is 36.2. The average molecular weight is 738 g/mol. The van der Waals surface area contributed by atoms with Crippen molar-refractivity contribution in [3.8, 4) is 27.9 Å². The molecule has 0 amide bonds. The largest absolute Gasteiger partial charge is 0.309 e. The van der Waals surface area contributed by atoms with Gasteiger partial charge in [0.05, 0.1) is 38.0 Å². The molecule has 13 rings (SSSR count). The first-order chi connectivity index (χ1) is 27.2. The van der Waals surface area contributed by atoms with Crippen molar-refractivity contribution in [3.63, 3.8) is 0 Å². The molecule has 0 saturated heterocycles. The van der Waals surface area contributed by atoms with E-state index in [-0.39, 0.29) is 6.71 Å². The Kier molecular flexibility index (Phi) is 5.82. The molecule has 0 bridgehead atoms. The maximum Gasteiger partial charge on any atom is 0.247 e. The van der Waals surface area contributed by atoms with E-state index in [1.165, 1.54) is 49.9 Å². The third kappa shape index (κ3) is 3.54. The Labute approximate surface area is 322 Å². The Hall–Kier alpha value is -6.08. The van der Waals surface area contributed by atoms with Crippen LogP contribution in [0.4, 0.5) is 0 Å². The number of aromatic nitrogens is 1. The predicted octanol–water partition coefficient (Wildman–Crippen LogP) is 8.60. The summed E-state index contributed by atoms with van der Waals surface area (Å²) in [7, 11) is -2.89. The molecule has 8 aromatic carbocycles. The lowest BCUT2D eigenvalue weighted by atomic mass is 9.36. The van der Waals surface area contributed by atoms with Crippen LogP contribution in [-0.2, 0) is 27.0 Å². The van der Waals surface area contributed by atoms with Crippen LogP contribution < -0.4 is 16.4 Å². The summed E-state index contributed by atoms with van der Waals surface area (Å²) in [6.07, 6.45) is 0. The first kappa shape index (κ1) is 30.3. The van der Waals surface area contributed by atoms with Crippen LogP contribution in [0.2, 0.25) is 0 Å². The van der Waals surface area contributed by atoms with Crippen molar-refractivity contribution < 1.29 is 8.42 Å². The van der Waals surface area contributed by atoms with Gasteiger partial charge in [-0.2, -0.15) is 0 Å². The molecule has 2 aliphatic carbocycles. The van der Waals surface area contributed by atoms with Gasteiger partial charge in [-0.15, -0.1) is 0 Å². The summed E-state index contributed by atoms with van der Waals surface area (Å²) in [4.78, 5) is 3.14. The van der Waals surface area contributed by atoms with E-state index in [1.807, 2.05) is 36.4 Å². The highest BCUT2D eigenvalue weighted by atomic mass is 32.2. The van der Waals surface area contributed by atoms with Gasteiger partial charge in [-0.3, -0.25) is 0 Å². The molecule has 256 valence electrons. The number of para-hydroxylation sites is 1. The van der Waals surface area contributed by atoms with Gasteiger partial charge in [0.2, 0.25) is 6.71 Å². The summed E-state index contributed by atoms with van der Waals surface area (Å²) in [5.74, 6) is 0. The van der Waals surface area contributed by atoms with Gasteiger partial charge in [-0.05, 0) is 86.4 Å². The van der Waals surface area contributed by atoms with E-state index in [2.05, 4.69) is 138 Å². The second-order valence-corrected chi connectivity index (χ2v) is 17.9. The van der Waals surface area contributed by atoms with Crippen LogP contribution in [0.3, 0.4) is 0 Å². The molecule has 0 saturated carbocycles. The fourth-order valence-corrected chi connectivity index (χ4v) is 13.8. The lowest BCUT2D eigenvalue weighted by Gasteiger charge is -2.33. The number of hydrogen-bond donors (Lipinski definition) is 0. The number of rotatable bonds is 1. The monoisotopic (exact) mass is 737 g/mol. The van der Waals surface area contributed by atoms with Crippen molar-refractivity contribution in [3.05, 3.63) is 192 Å². The first-order valence-electron chi connectivity index (χ1n) is 18.7. The number of fused-ring (bicyclic) bond motifs is 18. The van der Waals surface area contributed by atoms with E-state index in [0.717, 1.165) is 58.1 Å². The molecule has 0 N–H and O–H groups in total. The topological polar surface area (TPSA) is 39.1 Å². The summed E-state index contributed by atoms with van der Waals surface area (Å²) in [5, 5.41) is 2.35. The maximum atomic E-state index is 14.7. The molecule has 55 heavy (non-hydrogen) atoms. The minimum atomic E-state index is -1.45. The second-order valence-electron chi connectivity index (χ2n) is 15.0. The van der Waals surface area contributed by atoms with Crippen molar-refractivity contribution in [2.75, 3.05) is 0 Å².